The predicted molar refractivity (Wildman–Crippen MR) is 91.0 cm³/mol. The van der Waals surface area contributed by atoms with Gasteiger partial charge in [-0.05, 0) is 25.1 Å². The molecule has 7 nitrogen and oxygen atoms in total. The Hall–Kier alpha value is -2.64. The highest BCUT2D eigenvalue weighted by atomic mass is 35.5. The zero-order valence-corrected chi connectivity index (χ0v) is 13.9. The van der Waals surface area contributed by atoms with Crippen LogP contribution >= 0.6 is 23.2 Å². The van der Waals surface area contributed by atoms with Crippen LogP contribution in [0.2, 0.25) is 10.0 Å². The van der Waals surface area contributed by atoms with Gasteiger partial charge in [0.05, 0.1) is 5.56 Å². The van der Waals surface area contributed by atoms with Crippen molar-refractivity contribution in [2.24, 2.45) is 0 Å². The first-order valence-electron chi connectivity index (χ1n) is 6.79. The van der Waals surface area contributed by atoms with Crippen LogP contribution in [0.4, 0.5) is 17.5 Å². The van der Waals surface area contributed by atoms with E-state index in [2.05, 4.69) is 25.8 Å². The minimum Gasteiger partial charge on any atom is -0.360 e. The first-order valence-corrected chi connectivity index (χ1v) is 7.55. The summed E-state index contributed by atoms with van der Waals surface area (Å²) in [6, 6.07) is 6.46. The van der Waals surface area contributed by atoms with E-state index in [4.69, 9.17) is 27.7 Å². The Bertz CT molecular complexity index is 860. The number of benzene rings is 1. The Balaban J connectivity index is 1.69. The molecule has 2 N–H and O–H groups in total. The fourth-order valence-electron chi connectivity index (χ4n) is 1.88. The molecule has 3 rings (SSSR count). The topological polar surface area (TPSA) is 92.9 Å². The zero-order valence-electron chi connectivity index (χ0n) is 12.4. The van der Waals surface area contributed by atoms with Gasteiger partial charge in [-0.15, -0.1) is 0 Å². The van der Waals surface area contributed by atoms with Gasteiger partial charge < -0.3 is 15.2 Å². The van der Waals surface area contributed by atoms with Gasteiger partial charge in [-0.25, -0.2) is 9.97 Å². The van der Waals surface area contributed by atoms with Gasteiger partial charge in [-0.2, -0.15) is 0 Å². The molecule has 0 atom stereocenters. The molecule has 3 aromatic rings. The van der Waals surface area contributed by atoms with Crippen molar-refractivity contribution in [2.75, 3.05) is 10.6 Å². The highest BCUT2D eigenvalue weighted by molar-refractivity contribution is 6.35. The largest absolute Gasteiger partial charge is 0.360 e. The first kappa shape index (κ1) is 16.2. The van der Waals surface area contributed by atoms with Crippen molar-refractivity contribution in [2.45, 2.75) is 6.92 Å². The lowest BCUT2D eigenvalue weighted by Gasteiger charge is -2.06. The van der Waals surface area contributed by atoms with Crippen LogP contribution < -0.4 is 10.6 Å². The normalized spacial score (nSPS) is 10.5. The smallest absolute Gasteiger partial charge is 0.258 e. The molecular formula is C15H11Cl2N5O2. The molecule has 2 heterocycles. The molecule has 0 aliphatic carbocycles. The number of nitrogens with one attached hydrogen (secondary N) is 2. The number of amides is 1. The third-order valence-corrected chi connectivity index (χ3v) is 3.34. The van der Waals surface area contributed by atoms with Gasteiger partial charge in [0.25, 0.3) is 5.91 Å². The molecule has 0 aliphatic rings. The molecule has 2 aromatic heterocycles. The van der Waals surface area contributed by atoms with E-state index in [0.29, 0.717) is 33.3 Å². The maximum absolute atomic E-state index is 12.2. The molecule has 0 aliphatic heterocycles. The van der Waals surface area contributed by atoms with E-state index in [1.807, 2.05) is 0 Å². The molecule has 1 amide bonds. The molecule has 0 saturated heterocycles. The van der Waals surface area contributed by atoms with Gasteiger partial charge in [0.1, 0.15) is 5.76 Å². The number of anilines is 3. The Morgan fingerprint density at radius 3 is 2.33 bits per heavy atom. The number of rotatable bonds is 4. The van der Waals surface area contributed by atoms with E-state index in [1.54, 1.807) is 31.2 Å². The number of carbonyl (C=O) groups is 1. The second kappa shape index (κ2) is 6.86. The molecule has 0 fully saturated rings. The van der Waals surface area contributed by atoms with Crippen molar-refractivity contribution in [3.8, 4) is 0 Å². The van der Waals surface area contributed by atoms with Crippen LogP contribution in [-0.2, 0) is 0 Å². The summed E-state index contributed by atoms with van der Waals surface area (Å²) in [5.74, 6) is 1.06. The standard InChI is InChI=1S/C15H11Cl2N5O2/c1-8-2-13(22-24-8)21-15-18-6-9(7-19-15)14(23)20-12-4-10(16)3-11(17)5-12/h2-7H,1H3,(H,20,23)(H,18,19,21,22). The van der Waals surface area contributed by atoms with Gasteiger partial charge in [-0.3, -0.25) is 4.79 Å². The summed E-state index contributed by atoms with van der Waals surface area (Å²) in [5.41, 5.74) is 0.769. The monoisotopic (exact) mass is 363 g/mol. The van der Waals surface area contributed by atoms with Crippen molar-refractivity contribution in [1.82, 2.24) is 15.1 Å². The van der Waals surface area contributed by atoms with Crippen molar-refractivity contribution < 1.29 is 9.32 Å². The highest BCUT2D eigenvalue weighted by Crippen LogP contribution is 2.23. The first-order chi connectivity index (χ1) is 11.5. The zero-order chi connectivity index (χ0) is 17.1. The predicted octanol–water partition coefficient (Wildman–Crippen LogP) is 4.08. The number of aromatic nitrogens is 3. The number of aryl methyl sites for hydroxylation is 1. The molecule has 122 valence electrons. The van der Waals surface area contributed by atoms with Crippen molar-refractivity contribution in [1.29, 1.82) is 0 Å². The summed E-state index contributed by atoms with van der Waals surface area (Å²) in [6.07, 6.45) is 2.79. The lowest BCUT2D eigenvalue weighted by Crippen LogP contribution is -2.13. The van der Waals surface area contributed by atoms with Crippen LogP contribution in [-0.4, -0.2) is 21.0 Å². The molecule has 24 heavy (non-hydrogen) atoms. The molecular weight excluding hydrogens is 353 g/mol. The molecule has 9 heteroatoms. The summed E-state index contributed by atoms with van der Waals surface area (Å²) in [6.45, 7) is 1.77. The van der Waals surface area contributed by atoms with Crippen molar-refractivity contribution >= 4 is 46.6 Å². The average Bonchev–Trinajstić information content (AvgIpc) is 2.92. The van der Waals surface area contributed by atoms with E-state index < -0.39 is 0 Å². The lowest BCUT2D eigenvalue weighted by molar-refractivity contribution is 0.102. The average molecular weight is 364 g/mol. The number of carbonyl (C=O) groups excluding carboxylic acids is 1. The van der Waals surface area contributed by atoms with Crippen molar-refractivity contribution in [3.05, 3.63) is 58.0 Å². The number of halogens is 2. The van der Waals surface area contributed by atoms with Crippen LogP contribution in [0.1, 0.15) is 16.1 Å². The van der Waals surface area contributed by atoms with Gasteiger partial charge >= 0.3 is 0 Å². The van der Waals surface area contributed by atoms with Crippen LogP contribution in [0.15, 0.2) is 41.2 Å². The maximum atomic E-state index is 12.2. The van der Waals surface area contributed by atoms with Crippen LogP contribution in [0.3, 0.4) is 0 Å². The van der Waals surface area contributed by atoms with E-state index in [-0.39, 0.29) is 11.5 Å². The van der Waals surface area contributed by atoms with Crippen LogP contribution in [0, 0.1) is 6.92 Å². The van der Waals surface area contributed by atoms with Crippen LogP contribution in [0.5, 0.6) is 0 Å². The quantitative estimate of drug-likeness (QED) is 0.725. The van der Waals surface area contributed by atoms with Gasteiger partial charge in [0, 0.05) is 34.2 Å². The summed E-state index contributed by atoms with van der Waals surface area (Å²) in [5, 5.41) is 10.2. The Morgan fingerprint density at radius 1 is 1.08 bits per heavy atom. The molecule has 0 unspecified atom stereocenters. The summed E-state index contributed by atoms with van der Waals surface area (Å²) in [7, 11) is 0. The number of hydrogen-bond acceptors (Lipinski definition) is 6. The summed E-state index contributed by atoms with van der Waals surface area (Å²) < 4.78 is 4.93. The SMILES string of the molecule is Cc1cc(Nc2ncc(C(=O)Nc3cc(Cl)cc(Cl)c3)cn2)no1. The summed E-state index contributed by atoms with van der Waals surface area (Å²) >= 11 is 11.8. The van der Waals surface area contributed by atoms with Gasteiger partial charge in [0.2, 0.25) is 5.95 Å². The fourth-order valence-corrected chi connectivity index (χ4v) is 2.41. The third kappa shape index (κ3) is 4.01. The van der Waals surface area contributed by atoms with E-state index in [0.717, 1.165) is 0 Å². The van der Waals surface area contributed by atoms with E-state index in [9.17, 15) is 4.79 Å². The number of nitrogens with zero attached hydrogens (tertiary/aromatic N) is 3. The molecule has 0 radical (unpaired) electrons. The molecule has 0 spiro atoms. The van der Waals surface area contributed by atoms with E-state index in [1.165, 1.54) is 12.4 Å². The van der Waals surface area contributed by atoms with Crippen LogP contribution in [0.25, 0.3) is 0 Å². The molecule has 0 saturated carbocycles. The minimum atomic E-state index is -0.378. The highest BCUT2D eigenvalue weighted by Gasteiger charge is 2.10. The second-order valence-corrected chi connectivity index (χ2v) is 5.73. The Morgan fingerprint density at radius 2 is 1.75 bits per heavy atom. The number of hydrogen-bond donors (Lipinski definition) is 2. The van der Waals surface area contributed by atoms with Gasteiger partial charge in [0.15, 0.2) is 5.82 Å². The Kier molecular flexibility index (Phi) is 4.64. The third-order valence-electron chi connectivity index (χ3n) is 2.90. The molecule has 1 aromatic carbocycles. The second-order valence-electron chi connectivity index (χ2n) is 4.86. The summed E-state index contributed by atoms with van der Waals surface area (Å²) in [4.78, 5) is 20.3. The lowest BCUT2D eigenvalue weighted by atomic mass is 10.3. The van der Waals surface area contributed by atoms with Crippen molar-refractivity contribution in [3.63, 3.8) is 0 Å². The maximum Gasteiger partial charge on any atom is 0.258 e. The molecule has 0 bridgehead atoms. The minimum absolute atomic E-state index is 0.285. The van der Waals surface area contributed by atoms with E-state index >= 15 is 0 Å². The Labute approximate surface area is 147 Å². The van der Waals surface area contributed by atoms with Gasteiger partial charge in [-0.1, -0.05) is 28.4 Å². The fraction of sp³-hybridized carbons (Fsp3) is 0.0667.